The minimum absolute atomic E-state index is 0.309. The fourth-order valence-electron chi connectivity index (χ4n) is 1.23. The average molecular weight is 189 g/mol. The molecule has 0 amide bonds. The van der Waals surface area contributed by atoms with Crippen LogP contribution >= 0.6 is 11.8 Å². The van der Waals surface area contributed by atoms with Crippen molar-refractivity contribution >= 4 is 18.0 Å². The van der Waals surface area contributed by atoms with Crippen molar-refractivity contribution in [2.24, 2.45) is 0 Å². The molecule has 0 N–H and O–H groups in total. The Morgan fingerprint density at radius 2 is 2.25 bits per heavy atom. The van der Waals surface area contributed by atoms with E-state index in [-0.39, 0.29) is 6.23 Å². The monoisotopic (exact) mass is 189 g/mol. The van der Waals surface area contributed by atoms with Crippen LogP contribution in [0.15, 0.2) is 0 Å². The van der Waals surface area contributed by atoms with E-state index >= 15 is 0 Å². The highest BCUT2D eigenvalue weighted by molar-refractivity contribution is 7.99. The third-order valence-electron chi connectivity index (χ3n) is 1.86. The Kier molecular flexibility index (Phi) is 4.65. The number of hydrogen-bond acceptors (Lipinski definition) is 4. The fraction of sp³-hybridized carbons (Fsp3) is 0.875. The third-order valence-corrected chi connectivity index (χ3v) is 2.80. The Morgan fingerprint density at radius 1 is 1.58 bits per heavy atom. The summed E-state index contributed by atoms with van der Waals surface area (Å²) in [6, 6.07) is 0. The summed E-state index contributed by atoms with van der Waals surface area (Å²) >= 11 is 1.93. The molecule has 0 saturated carbocycles. The quantitative estimate of drug-likeness (QED) is 0.606. The molecule has 1 rings (SSSR count). The lowest BCUT2D eigenvalue weighted by Crippen LogP contribution is -2.43. The number of carbonyl (C=O) groups is 1. The topological polar surface area (TPSA) is 29.5 Å². The minimum atomic E-state index is -0.309. The van der Waals surface area contributed by atoms with Gasteiger partial charge in [0.15, 0.2) is 12.5 Å². The van der Waals surface area contributed by atoms with E-state index in [4.69, 9.17) is 4.74 Å². The maximum atomic E-state index is 10.6. The van der Waals surface area contributed by atoms with Crippen LogP contribution in [0.2, 0.25) is 0 Å². The van der Waals surface area contributed by atoms with Gasteiger partial charge in [-0.1, -0.05) is 0 Å². The van der Waals surface area contributed by atoms with Gasteiger partial charge >= 0.3 is 0 Å². The van der Waals surface area contributed by atoms with Crippen LogP contribution in [-0.4, -0.2) is 48.6 Å². The van der Waals surface area contributed by atoms with Gasteiger partial charge in [-0.2, -0.15) is 11.8 Å². The first kappa shape index (κ1) is 10.0. The summed E-state index contributed by atoms with van der Waals surface area (Å²) in [6.45, 7) is 4.45. The highest BCUT2D eigenvalue weighted by atomic mass is 32.2. The molecule has 1 heterocycles. The molecule has 1 aliphatic rings. The van der Waals surface area contributed by atoms with Gasteiger partial charge in [-0.15, -0.1) is 0 Å². The molecule has 0 aromatic heterocycles. The highest BCUT2D eigenvalue weighted by Crippen LogP contribution is 2.11. The summed E-state index contributed by atoms with van der Waals surface area (Å²) in [6.07, 6.45) is 0.579. The zero-order valence-corrected chi connectivity index (χ0v) is 8.18. The van der Waals surface area contributed by atoms with Crippen LogP contribution in [0.1, 0.15) is 6.92 Å². The average Bonchev–Trinajstić information content (AvgIpc) is 2.15. The van der Waals surface area contributed by atoms with E-state index in [9.17, 15) is 4.79 Å². The van der Waals surface area contributed by atoms with Crippen LogP contribution in [0.25, 0.3) is 0 Å². The van der Waals surface area contributed by atoms with Crippen LogP contribution in [0.4, 0.5) is 0 Å². The van der Waals surface area contributed by atoms with Crippen molar-refractivity contribution < 1.29 is 9.53 Å². The molecular formula is C8H15NO2S. The standard InChI is InChI=1S/C8H15NO2S/c1-2-11-8(7-10)9-3-5-12-6-4-9/h7-8H,2-6H2,1H3. The molecule has 1 saturated heterocycles. The molecule has 0 radical (unpaired) electrons. The normalized spacial score (nSPS) is 22.1. The van der Waals surface area contributed by atoms with Crippen molar-refractivity contribution in [2.75, 3.05) is 31.2 Å². The Hall–Kier alpha value is -0.0600. The second-order valence-corrected chi connectivity index (χ2v) is 3.86. The fourth-order valence-corrected chi connectivity index (χ4v) is 2.16. The van der Waals surface area contributed by atoms with Gasteiger partial charge in [-0.05, 0) is 6.92 Å². The molecule has 1 fully saturated rings. The molecule has 1 atom stereocenters. The summed E-state index contributed by atoms with van der Waals surface area (Å²) in [5.41, 5.74) is 0. The van der Waals surface area contributed by atoms with Crippen molar-refractivity contribution in [1.82, 2.24) is 4.90 Å². The van der Waals surface area contributed by atoms with E-state index in [0.29, 0.717) is 6.61 Å². The lowest BCUT2D eigenvalue weighted by Gasteiger charge is -2.30. The molecule has 12 heavy (non-hydrogen) atoms. The number of ether oxygens (including phenoxy) is 1. The predicted octanol–water partition coefficient (Wildman–Crippen LogP) is 0.597. The number of nitrogens with zero attached hydrogens (tertiary/aromatic N) is 1. The van der Waals surface area contributed by atoms with Gasteiger partial charge in [-0.3, -0.25) is 9.69 Å². The van der Waals surface area contributed by atoms with Crippen molar-refractivity contribution in [3.8, 4) is 0 Å². The maximum absolute atomic E-state index is 10.6. The van der Waals surface area contributed by atoms with E-state index in [1.165, 1.54) is 0 Å². The van der Waals surface area contributed by atoms with Gasteiger partial charge in [0.2, 0.25) is 0 Å². The molecule has 3 nitrogen and oxygen atoms in total. The van der Waals surface area contributed by atoms with Crippen LogP contribution in [0.3, 0.4) is 0 Å². The molecule has 0 aromatic rings. The molecule has 4 heteroatoms. The second-order valence-electron chi connectivity index (χ2n) is 2.63. The second kappa shape index (κ2) is 5.56. The molecule has 70 valence electrons. The lowest BCUT2D eigenvalue weighted by atomic mass is 10.4. The smallest absolute Gasteiger partial charge is 0.167 e. The molecule has 0 bridgehead atoms. The Morgan fingerprint density at radius 3 is 2.75 bits per heavy atom. The molecule has 1 aliphatic heterocycles. The first-order chi connectivity index (χ1) is 5.88. The van der Waals surface area contributed by atoms with Crippen molar-refractivity contribution in [1.29, 1.82) is 0 Å². The van der Waals surface area contributed by atoms with Gasteiger partial charge in [0.05, 0.1) is 0 Å². The zero-order valence-electron chi connectivity index (χ0n) is 7.36. The van der Waals surface area contributed by atoms with Crippen LogP contribution in [0, 0.1) is 0 Å². The molecule has 0 aromatic carbocycles. The van der Waals surface area contributed by atoms with Gasteiger partial charge in [0.1, 0.15) is 0 Å². The molecule has 0 aliphatic carbocycles. The summed E-state index contributed by atoms with van der Waals surface area (Å²) in [5, 5.41) is 0. The van der Waals surface area contributed by atoms with Gasteiger partial charge in [0, 0.05) is 31.2 Å². The van der Waals surface area contributed by atoms with Crippen molar-refractivity contribution in [3.63, 3.8) is 0 Å². The SMILES string of the molecule is CCOC(C=O)N1CCSCC1. The molecule has 1 unspecified atom stereocenters. The molecule has 0 spiro atoms. The van der Waals surface area contributed by atoms with Crippen LogP contribution in [-0.2, 0) is 9.53 Å². The van der Waals surface area contributed by atoms with Gasteiger partial charge in [0.25, 0.3) is 0 Å². The number of rotatable bonds is 4. The van der Waals surface area contributed by atoms with Crippen molar-refractivity contribution in [2.45, 2.75) is 13.2 Å². The highest BCUT2D eigenvalue weighted by Gasteiger charge is 2.19. The Balaban J connectivity index is 2.34. The number of aldehydes is 1. The Bertz CT molecular complexity index is 137. The first-order valence-corrected chi connectivity index (χ1v) is 5.42. The Labute approximate surface area is 77.4 Å². The summed E-state index contributed by atoms with van der Waals surface area (Å²) in [7, 11) is 0. The van der Waals surface area contributed by atoms with E-state index in [2.05, 4.69) is 4.90 Å². The van der Waals surface area contributed by atoms with Gasteiger partial charge < -0.3 is 4.74 Å². The summed E-state index contributed by atoms with van der Waals surface area (Å²) in [4.78, 5) is 12.7. The largest absolute Gasteiger partial charge is 0.356 e. The van der Waals surface area contributed by atoms with Gasteiger partial charge in [-0.25, -0.2) is 0 Å². The zero-order chi connectivity index (χ0) is 8.81. The molecular weight excluding hydrogens is 174 g/mol. The number of thioether (sulfide) groups is 1. The van der Waals surface area contributed by atoms with E-state index < -0.39 is 0 Å². The summed E-state index contributed by atoms with van der Waals surface area (Å²) < 4.78 is 5.28. The van der Waals surface area contributed by atoms with E-state index in [1.807, 2.05) is 18.7 Å². The summed E-state index contributed by atoms with van der Waals surface area (Å²) in [5.74, 6) is 2.22. The lowest BCUT2D eigenvalue weighted by molar-refractivity contribution is -0.130. The third kappa shape index (κ3) is 2.77. The van der Waals surface area contributed by atoms with Crippen LogP contribution < -0.4 is 0 Å². The minimum Gasteiger partial charge on any atom is -0.356 e. The first-order valence-electron chi connectivity index (χ1n) is 4.27. The number of hydrogen-bond donors (Lipinski definition) is 0. The van der Waals surface area contributed by atoms with Crippen LogP contribution in [0.5, 0.6) is 0 Å². The van der Waals surface area contributed by atoms with Crippen molar-refractivity contribution in [3.05, 3.63) is 0 Å². The maximum Gasteiger partial charge on any atom is 0.167 e. The predicted molar refractivity (Wildman–Crippen MR) is 50.4 cm³/mol. The van der Waals surface area contributed by atoms with E-state index in [0.717, 1.165) is 30.9 Å². The van der Waals surface area contributed by atoms with E-state index in [1.54, 1.807) is 0 Å². The number of carbonyl (C=O) groups excluding carboxylic acids is 1.